The van der Waals surface area contributed by atoms with Gasteiger partial charge in [-0.15, -0.1) is 0 Å². The number of hydrogen-bond acceptors (Lipinski definition) is 4. The molecule has 0 spiro atoms. The summed E-state index contributed by atoms with van der Waals surface area (Å²) in [5.41, 5.74) is 0.519. The number of amides is 2. The maximum atomic E-state index is 14.1. The average Bonchev–Trinajstić information content (AvgIpc) is 2.73. The van der Waals surface area contributed by atoms with E-state index in [1.807, 2.05) is 13.8 Å². The fourth-order valence-electron chi connectivity index (χ4n) is 2.91. The Kier molecular flexibility index (Phi) is 8.06. The number of benzene rings is 2. The molecule has 0 aliphatic rings. The van der Waals surface area contributed by atoms with Crippen LogP contribution in [0.2, 0.25) is 5.02 Å². The lowest BCUT2D eigenvalue weighted by Crippen LogP contribution is -2.50. The Labute approximate surface area is 180 Å². The van der Waals surface area contributed by atoms with Gasteiger partial charge in [-0.05, 0) is 30.2 Å². The first-order valence-electron chi connectivity index (χ1n) is 9.39. The van der Waals surface area contributed by atoms with Crippen molar-refractivity contribution in [1.82, 2.24) is 10.2 Å². The van der Waals surface area contributed by atoms with Gasteiger partial charge in [-0.25, -0.2) is 4.39 Å². The zero-order chi connectivity index (χ0) is 22.4. The van der Waals surface area contributed by atoms with Crippen molar-refractivity contribution in [2.24, 2.45) is 5.92 Å². The van der Waals surface area contributed by atoms with E-state index in [1.54, 1.807) is 31.3 Å². The molecule has 1 N–H and O–H groups in total. The smallest absolute Gasteiger partial charge is 0.252 e. The number of nitrogens with one attached hydrogen (secondary N) is 1. The first kappa shape index (κ1) is 23.5. The Morgan fingerprint density at radius 3 is 2.23 bits per heavy atom. The normalized spacial score (nSPS) is 11.7. The lowest BCUT2D eigenvalue weighted by molar-refractivity contribution is -0.133. The molecular weight excluding hydrogens is 411 g/mol. The monoisotopic (exact) mass is 436 g/mol. The highest BCUT2D eigenvalue weighted by Crippen LogP contribution is 2.23. The fourth-order valence-corrected chi connectivity index (χ4v) is 3.14. The minimum atomic E-state index is -0.815. The summed E-state index contributed by atoms with van der Waals surface area (Å²) in [6, 6.07) is 8.31. The van der Waals surface area contributed by atoms with Crippen LogP contribution in [0.3, 0.4) is 0 Å². The molecule has 0 saturated carbocycles. The number of halogens is 2. The number of likely N-dealkylation sites (N-methyl/N-ethyl adjacent to an activating group) is 1. The summed E-state index contributed by atoms with van der Waals surface area (Å²) in [5.74, 6) is -0.580. The Balaban J connectivity index is 2.20. The van der Waals surface area contributed by atoms with Gasteiger partial charge in [-0.1, -0.05) is 31.5 Å². The summed E-state index contributed by atoms with van der Waals surface area (Å²) < 4.78 is 24.5. The van der Waals surface area contributed by atoms with Crippen LogP contribution in [-0.2, 0) is 11.3 Å². The Hall–Kier alpha value is -2.80. The van der Waals surface area contributed by atoms with E-state index in [0.717, 1.165) is 0 Å². The number of methoxy groups -OCH3 is 2. The lowest BCUT2D eigenvalue weighted by Gasteiger charge is -2.27. The molecule has 0 saturated heterocycles. The quantitative estimate of drug-likeness (QED) is 0.681. The predicted molar refractivity (Wildman–Crippen MR) is 114 cm³/mol. The van der Waals surface area contributed by atoms with E-state index < -0.39 is 17.8 Å². The van der Waals surface area contributed by atoms with Crippen molar-refractivity contribution in [2.45, 2.75) is 26.4 Å². The molecule has 0 aliphatic heterocycles. The highest BCUT2D eigenvalue weighted by Gasteiger charge is 2.28. The fraction of sp³-hybridized carbons (Fsp3) is 0.364. The van der Waals surface area contributed by atoms with Crippen LogP contribution in [0, 0.1) is 11.7 Å². The van der Waals surface area contributed by atoms with Gasteiger partial charge in [0.25, 0.3) is 5.91 Å². The van der Waals surface area contributed by atoms with Crippen LogP contribution in [0.5, 0.6) is 11.5 Å². The van der Waals surface area contributed by atoms with Gasteiger partial charge >= 0.3 is 0 Å². The largest absolute Gasteiger partial charge is 0.497 e. The van der Waals surface area contributed by atoms with Crippen molar-refractivity contribution in [3.05, 3.63) is 58.4 Å². The van der Waals surface area contributed by atoms with E-state index in [4.69, 9.17) is 21.1 Å². The van der Waals surface area contributed by atoms with E-state index in [0.29, 0.717) is 17.1 Å². The first-order valence-corrected chi connectivity index (χ1v) is 9.77. The van der Waals surface area contributed by atoms with Crippen LogP contribution in [0.25, 0.3) is 0 Å². The molecule has 30 heavy (non-hydrogen) atoms. The van der Waals surface area contributed by atoms with Crippen molar-refractivity contribution in [3.8, 4) is 11.5 Å². The van der Waals surface area contributed by atoms with E-state index in [-0.39, 0.29) is 29.0 Å². The van der Waals surface area contributed by atoms with E-state index in [9.17, 15) is 14.0 Å². The minimum Gasteiger partial charge on any atom is -0.497 e. The lowest BCUT2D eigenvalue weighted by atomic mass is 10.0. The molecule has 0 fully saturated rings. The SMILES string of the molecule is COc1cc(OC)cc(C(=O)N[C@H](C(=O)N(C)Cc2c(F)cccc2Cl)C(C)C)c1. The van der Waals surface area contributed by atoms with Crippen molar-refractivity contribution < 1.29 is 23.5 Å². The molecule has 2 rings (SSSR count). The number of rotatable bonds is 8. The Bertz CT molecular complexity index is 878. The third-order valence-electron chi connectivity index (χ3n) is 4.67. The average molecular weight is 437 g/mol. The highest BCUT2D eigenvalue weighted by molar-refractivity contribution is 6.31. The van der Waals surface area contributed by atoms with Gasteiger partial charge in [0, 0.05) is 35.8 Å². The van der Waals surface area contributed by atoms with E-state index in [1.165, 1.54) is 31.3 Å². The molecule has 8 heteroatoms. The van der Waals surface area contributed by atoms with Gasteiger partial charge in [0.15, 0.2) is 0 Å². The third kappa shape index (κ3) is 5.63. The number of nitrogens with zero attached hydrogens (tertiary/aromatic N) is 1. The first-order chi connectivity index (χ1) is 14.2. The zero-order valence-corrected chi connectivity index (χ0v) is 18.4. The molecule has 162 valence electrons. The third-order valence-corrected chi connectivity index (χ3v) is 5.02. The maximum Gasteiger partial charge on any atom is 0.252 e. The number of carbonyl (C=O) groups is 2. The van der Waals surface area contributed by atoms with Gasteiger partial charge in [0.05, 0.1) is 14.2 Å². The Morgan fingerprint density at radius 1 is 1.13 bits per heavy atom. The van der Waals surface area contributed by atoms with E-state index >= 15 is 0 Å². The van der Waals surface area contributed by atoms with Gasteiger partial charge in [-0.3, -0.25) is 9.59 Å². The van der Waals surface area contributed by atoms with Crippen LogP contribution in [0.15, 0.2) is 36.4 Å². The summed E-state index contributed by atoms with van der Waals surface area (Å²) >= 11 is 6.07. The molecule has 1 atom stereocenters. The molecule has 0 heterocycles. The minimum absolute atomic E-state index is 0.0174. The van der Waals surface area contributed by atoms with Gasteiger partial charge in [0.1, 0.15) is 23.4 Å². The Morgan fingerprint density at radius 2 is 1.73 bits per heavy atom. The second kappa shape index (κ2) is 10.3. The molecule has 2 amide bonds. The highest BCUT2D eigenvalue weighted by atomic mass is 35.5. The topological polar surface area (TPSA) is 67.9 Å². The second-order valence-corrected chi connectivity index (χ2v) is 7.60. The van der Waals surface area contributed by atoms with E-state index in [2.05, 4.69) is 5.32 Å². The molecule has 2 aromatic carbocycles. The van der Waals surface area contributed by atoms with Crippen molar-refractivity contribution in [2.75, 3.05) is 21.3 Å². The molecule has 0 radical (unpaired) electrons. The molecule has 2 aromatic rings. The molecular formula is C22H26ClFN2O4. The van der Waals surface area contributed by atoms with Gasteiger partial charge in [-0.2, -0.15) is 0 Å². The van der Waals surface area contributed by atoms with Crippen molar-refractivity contribution in [1.29, 1.82) is 0 Å². The number of hydrogen-bond donors (Lipinski definition) is 1. The molecule has 0 aromatic heterocycles. The molecule has 0 bridgehead atoms. The number of ether oxygens (including phenoxy) is 2. The van der Waals surface area contributed by atoms with Crippen LogP contribution >= 0.6 is 11.6 Å². The maximum absolute atomic E-state index is 14.1. The van der Waals surface area contributed by atoms with Crippen molar-refractivity contribution >= 4 is 23.4 Å². The summed E-state index contributed by atoms with van der Waals surface area (Å²) in [5, 5.41) is 3.00. The number of carbonyl (C=O) groups excluding carboxylic acids is 2. The van der Waals surface area contributed by atoms with Crippen LogP contribution in [0.4, 0.5) is 4.39 Å². The van der Waals surface area contributed by atoms with Crippen LogP contribution in [0.1, 0.15) is 29.8 Å². The standard InChI is InChI=1S/C22H26ClFN2O4/c1-13(2)20(22(28)26(3)12-17-18(23)7-6-8-19(17)24)25-21(27)14-9-15(29-4)11-16(10-14)30-5/h6-11,13,20H,12H2,1-5H3,(H,25,27)/t20-/m0/s1. The zero-order valence-electron chi connectivity index (χ0n) is 17.7. The summed E-state index contributed by atoms with van der Waals surface area (Å²) in [4.78, 5) is 27.2. The van der Waals surface area contributed by atoms with Crippen LogP contribution in [-0.4, -0.2) is 44.0 Å². The summed E-state index contributed by atoms with van der Waals surface area (Å²) in [7, 11) is 4.51. The predicted octanol–water partition coefficient (Wildman–Crippen LogP) is 3.91. The molecule has 0 unspecified atom stereocenters. The molecule has 0 aliphatic carbocycles. The van der Waals surface area contributed by atoms with Crippen molar-refractivity contribution in [3.63, 3.8) is 0 Å². The summed E-state index contributed by atoms with van der Waals surface area (Å²) in [6.45, 7) is 3.62. The second-order valence-electron chi connectivity index (χ2n) is 7.19. The van der Waals surface area contributed by atoms with Gasteiger partial charge < -0.3 is 19.7 Å². The van der Waals surface area contributed by atoms with Crippen LogP contribution < -0.4 is 14.8 Å². The molecule has 6 nitrogen and oxygen atoms in total. The van der Waals surface area contributed by atoms with Gasteiger partial charge in [0.2, 0.25) is 5.91 Å². The summed E-state index contributed by atoms with van der Waals surface area (Å²) in [6.07, 6.45) is 0.